The van der Waals surface area contributed by atoms with Crippen molar-refractivity contribution in [2.24, 2.45) is 0 Å². The van der Waals surface area contributed by atoms with Crippen LogP contribution in [-0.4, -0.2) is 4.68 Å². The highest BCUT2D eigenvalue weighted by molar-refractivity contribution is 6.30. The molecule has 0 aliphatic carbocycles. The predicted octanol–water partition coefficient (Wildman–Crippen LogP) is 8.21. The molecule has 0 saturated heterocycles. The fourth-order valence-corrected chi connectivity index (χ4v) is 4.24. The second-order valence-electron chi connectivity index (χ2n) is 8.50. The van der Waals surface area contributed by atoms with Crippen molar-refractivity contribution >= 4 is 11.6 Å². The standard InChI is InChI=1S/C26H42ClN2/c1-3-4-5-6-7-8-9-10-11-12-13-14-15-16-22-28-23-21-24(2)29(28)26-19-17-25(27)18-20-26/h17-21,23H,3-16,22H2,1-2H3/q+1. The van der Waals surface area contributed by atoms with Crippen molar-refractivity contribution in [3.05, 3.63) is 47.2 Å². The molecule has 0 saturated carbocycles. The van der Waals surface area contributed by atoms with Crippen LogP contribution in [0, 0.1) is 6.92 Å². The lowest BCUT2D eigenvalue weighted by atomic mass is 10.0. The Labute approximate surface area is 184 Å². The van der Waals surface area contributed by atoms with Crippen molar-refractivity contribution in [3.8, 4) is 5.69 Å². The van der Waals surface area contributed by atoms with Crippen molar-refractivity contribution in [1.82, 2.24) is 4.68 Å². The molecule has 2 nitrogen and oxygen atoms in total. The molecule has 1 aromatic heterocycles. The van der Waals surface area contributed by atoms with Gasteiger partial charge in [0.05, 0.1) is 5.69 Å². The van der Waals surface area contributed by atoms with E-state index >= 15 is 0 Å². The fraction of sp³-hybridized carbons (Fsp3) is 0.654. The lowest BCUT2D eigenvalue weighted by Crippen LogP contribution is -2.42. The summed E-state index contributed by atoms with van der Waals surface area (Å²) in [4.78, 5) is 0. The number of unbranched alkanes of at least 4 members (excludes halogenated alkanes) is 13. The van der Waals surface area contributed by atoms with Gasteiger partial charge in [0.1, 0.15) is 5.69 Å². The molecule has 0 aliphatic heterocycles. The maximum atomic E-state index is 6.04. The molecular weight excluding hydrogens is 376 g/mol. The van der Waals surface area contributed by atoms with Gasteiger partial charge in [0.25, 0.3) is 0 Å². The number of rotatable bonds is 16. The molecule has 0 bridgehead atoms. The van der Waals surface area contributed by atoms with Gasteiger partial charge in [-0.25, -0.2) is 0 Å². The quantitative estimate of drug-likeness (QED) is 0.192. The highest BCUT2D eigenvalue weighted by atomic mass is 35.5. The number of aromatic nitrogens is 2. The van der Waals surface area contributed by atoms with Crippen molar-refractivity contribution in [2.75, 3.05) is 0 Å². The van der Waals surface area contributed by atoms with Crippen LogP contribution in [0.2, 0.25) is 5.02 Å². The number of aryl methyl sites for hydroxylation is 2. The van der Waals surface area contributed by atoms with E-state index < -0.39 is 0 Å². The number of halogens is 1. The van der Waals surface area contributed by atoms with Crippen molar-refractivity contribution < 1.29 is 4.68 Å². The zero-order valence-corrected chi connectivity index (χ0v) is 19.6. The molecule has 0 unspecified atom stereocenters. The molecule has 162 valence electrons. The molecule has 2 aromatic rings. The van der Waals surface area contributed by atoms with Crippen molar-refractivity contribution in [3.63, 3.8) is 0 Å². The number of nitrogens with zero attached hydrogens (tertiary/aromatic N) is 2. The largest absolute Gasteiger partial charge is 0.196 e. The molecule has 0 fully saturated rings. The Hall–Kier alpha value is -1.28. The molecule has 2 rings (SSSR count). The van der Waals surface area contributed by atoms with E-state index in [1.807, 2.05) is 12.1 Å². The molecule has 0 atom stereocenters. The molecule has 1 aromatic carbocycles. The summed E-state index contributed by atoms with van der Waals surface area (Å²) in [5.74, 6) is 0. The minimum atomic E-state index is 0.789. The monoisotopic (exact) mass is 417 g/mol. The van der Waals surface area contributed by atoms with Gasteiger partial charge in [-0.15, -0.1) is 9.36 Å². The highest BCUT2D eigenvalue weighted by Crippen LogP contribution is 2.15. The first-order chi connectivity index (χ1) is 14.2. The molecule has 29 heavy (non-hydrogen) atoms. The van der Waals surface area contributed by atoms with E-state index in [9.17, 15) is 0 Å². The summed E-state index contributed by atoms with van der Waals surface area (Å²) in [7, 11) is 0. The maximum absolute atomic E-state index is 6.04. The maximum Gasteiger partial charge on any atom is 0.196 e. The van der Waals surface area contributed by atoms with Crippen LogP contribution in [0.3, 0.4) is 0 Å². The zero-order chi connectivity index (χ0) is 20.7. The van der Waals surface area contributed by atoms with E-state index in [2.05, 4.69) is 47.6 Å². The van der Waals surface area contributed by atoms with Crippen LogP contribution in [0.1, 0.15) is 103 Å². The van der Waals surface area contributed by atoms with Gasteiger partial charge in [0, 0.05) is 17.5 Å². The lowest BCUT2D eigenvalue weighted by Gasteiger charge is -2.06. The third-order valence-electron chi connectivity index (χ3n) is 5.89. The summed E-state index contributed by atoms with van der Waals surface area (Å²) in [5.41, 5.74) is 2.44. The SMILES string of the molecule is CCCCCCCCCCCCCCCC[n+]1ccc(C)n1-c1ccc(Cl)cc1. The van der Waals surface area contributed by atoms with E-state index in [1.165, 1.54) is 101 Å². The lowest BCUT2D eigenvalue weighted by molar-refractivity contribution is -0.767. The van der Waals surface area contributed by atoms with Gasteiger partial charge >= 0.3 is 0 Å². The fourth-order valence-electron chi connectivity index (χ4n) is 4.11. The minimum Gasteiger partial charge on any atom is -0.126 e. The van der Waals surface area contributed by atoms with Gasteiger partial charge in [-0.05, 0) is 37.6 Å². The molecule has 1 heterocycles. The Morgan fingerprint density at radius 3 is 1.69 bits per heavy atom. The van der Waals surface area contributed by atoms with Crippen LogP contribution in [0.15, 0.2) is 36.5 Å². The van der Waals surface area contributed by atoms with Gasteiger partial charge in [0.15, 0.2) is 12.7 Å². The Kier molecular flexibility index (Phi) is 12.1. The van der Waals surface area contributed by atoms with Gasteiger partial charge in [-0.1, -0.05) is 95.6 Å². The van der Waals surface area contributed by atoms with E-state index in [1.54, 1.807) is 0 Å². The summed E-state index contributed by atoms with van der Waals surface area (Å²) in [5, 5.41) is 0.789. The first-order valence-electron chi connectivity index (χ1n) is 12.1. The smallest absolute Gasteiger partial charge is 0.126 e. The Morgan fingerprint density at radius 2 is 1.17 bits per heavy atom. The van der Waals surface area contributed by atoms with Crippen LogP contribution in [0.4, 0.5) is 0 Å². The molecule has 0 N–H and O–H groups in total. The Morgan fingerprint density at radius 1 is 0.690 bits per heavy atom. The van der Waals surface area contributed by atoms with Crippen LogP contribution in [0.25, 0.3) is 5.69 Å². The van der Waals surface area contributed by atoms with Gasteiger partial charge in [-0.2, -0.15) is 0 Å². The average molecular weight is 418 g/mol. The summed E-state index contributed by atoms with van der Waals surface area (Å²) >= 11 is 6.04. The third-order valence-corrected chi connectivity index (χ3v) is 6.14. The number of hydrogen-bond donors (Lipinski definition) is 0. The second kappa shape index (κ2) is 14.7. The minimum absolute atomic E-state index is 0.789. The van der Waals surface area contributed by atoms with Crippen LogP contribution in [0.5, 0.6) is 0 Å². The molecule has 0 aliphatic rings. The summed E-state index contributed by atoms with van der Waals surface area (Å²) < 4.78 is 4.62. The second-order valence-corrected chi connectivity index (χ2v) is 8.94. The van der Waals surface area contributed by atoms with Crippen LogP contribution >= 0.6 is 11.6 Å². The molecule has 3 heteroatoms. The molecular formula is C26H42ClN2+. The van der Waals surface area contributed by atoms with E-state index in [0.717, 1.165) is 11.6 Å². The summed E-state index contributed by atoms with van der Waals surface area (Å²) in [6, 6.07) is 10.3. The summed E-state index contributed by atoms with van der Waals surface area (Å²) in [6.45, 7) is 5.53. The Balaban J connectivity index is 1.52. The third kappa shape index (κ3) is 9.38. The Bertz CT molecular complexity index is 660. The molecule has 0 amide bonds. The van der Waals surface area contributed by atoms with E-state index in [-0.39, 0.29) is 0 Å². The average Bonchev–Trinajstić information content (AvgIpc) is 3.09. The zero-order valence-electron chi connectivity index (χ0n) is 18.8. The number of hydrogen-bond acceptors (Lipinski definition) is 0. The van der Waals surface area contributed by atoms with Gasteiger partial charge in [0.2, 0.25) is 0 Å². The predicted molar refractivity (Wildman–Crippen MR) is 126 cm³/mol. The van der Waals surface area contributed by atoms with Crippen molar-refractivity contribution in [2.45, 2.75) is 110 Å². The van der Waals surface area contributed by atoms with Crippen molar-refractivity contribution in [1.29, 1.82) is 0 Å². The first kappa shape index (κ1) is 24.0. The molecule has 0 spiro atoms. The summed E-state index contributed by atoms with van der Waals surface area (Å²) in [6.07, 6.45) is 21.9. The van der Waals surface area contributed by atoms with Crippen LogP contribution in [-0.2, 0) is 6.54 Å². The normalized spacial score (nSPS) is 11.3. The van der Waals surface area contributed by atoms with Gasteiger partial charge in [-0.3, -0.25) is 0 Å². The first-order valence-corrected chi connectivity index (χ1v) is 12.4. The van der Waals surface area contributed by atoms with Crippen LogP contribution < -0.4 is 4.68 Å². The van der Waals surface area contributed by atoms with Gasteiger partial charge < -0.3 is 0 Å². The molecule has 0 radical (unpaired) electrons. The van der Waals surface area contributed by atoms with E-state index in [0.29, 0.717) is 0 Å². The number of benzene rings is 1. The van der Waals surface area contributed by atoms with E-state index in [4.69, 9.17) is 11.6 Å². The highest BCUT2D eigenvalue weighted by Gasteiger charge is 2.13. The topological polar surface area (TPSA) is 8.81 Å².